The van der Waals surface area contributed by atoms with Gasteiger partial charge < -0.3 is 15.2 Å². The monoisotopic (exact) mass is 383 g/mol. The van der Waals surface area contributed by atoms with E-state index in [4.69, 9.17) is 9.84 Å². The maximum Gasteiger partial charge on any atom is 0.328 e. The van der Waals surface area contributed by atoms with Crippen LogP contribution in [-0.4, -0.2) is 36.2 Å². The van der Waals surface area contributed by atoms with Gasteiger partial charge in [0.2, 0.25) is 5.91 Å². The van der Waals surface area contributed by atoms with E-state index in [-0.39, 0.29) is 24.4 Å². The number of nitrogens with one attached hydrogen (secondary N) is 1. The Bertz CT molecular complexity index is 396. The van der Waals surface area contributed by atoms with Gasteiger partial charge in [-0.15, -0.1) is 6.58 Å². The Morgan fingerprint density at radius 3 is 2.19 bits per heavy atom. The molecule has 1 atom stereocenters. The van der Waals surface area contributed by atoms with Crippen molar-refractivity contribution in [3.05, 3.63) is 12.7 Å². The molecule has 1 amide bonds. The van der Waals surface area contributed by atoms with Crippen molar-refractivity contribution in [2.24, 2.45) is 5.92 Å². The van der Waals surface area contributed by atoms with Crippen LogP contribution >= 0.6 is 0 Å². The zero-order chi connectivity index (χ0) is 20.3. The van der Waals surface area contributed by atoms with Crippen molar-refractivity contribution in [3.63, 3.8) is 0 Å². The van der Waals surface area contributed by atoms with Crippen LogP contribution in [0.15, 0.2) is 12.7 Å². The van der Waals surface area contributed by atoms with Crippen LogP contribution in [0.4, 0.5) is 0 Å². The van der Waals surface area contributed by atoms with Crippen LogP contribution in [0.3, 0.4) is 0 Å². The van der Waals surface area contributed by atoms with E-state index in [0.29, 0.717) is 13.0 Å². The highest BCUT2D eigenvalue weighted by Gasteiger charge is 2.25. The lowest BCUT2D eigenvalue weighted by Crippen LogP contribution is -2.45. The fraction of sp³-hybridized carbons (Fsp3) is 0.818. The first-order valence-electron chi connectivity index (χ1n) is 10.7. The highest BCUT2D eigenvalue weighted by Crippen LogP contribution is 2.10. The molecule has 27 heavy (non-hydrogen) atoms. The molecule has 0 saturated carbocycles. The van der Waals surface area contributed by atoms with E-state index in [9.17, 15) is 9.59 Å². The SMILES string of the molecule is C=CCCCCCCCCC(=O)NC(C(=O)OCCCCCCO)C(C)C. The number of allylic oxidation sites excluding steroid dienone is 1. The van der Waals surface area contributed by atoms with Gasteiger partial charge in [-0.3, -0.25) is 4.79 Å². The van der Waals surface area contributed by atoms with Crippen molar-refractivity contribution in [2.45, 2.75) is 96.9 Å². The smallest absolute Gasteiger partial charge is 0.328 e. The summed E-state index contributed by atoms with van der Waals surface area (Å²) in [5.74, 6) is -0.413. The molecule has 1 unspecified atom stereocenters. The second kappa shape index (κ2) is 18.0. The summed E-state index contributed by atoms with van der Waals surface area (Å²) < 4.78 is 5.31. The molecule has 0 radical (unpaired) electrons. The fourth-order valence-electron chi connectivity index (χ4n) is 2.85. The summed E-state index contributed by atoms with van der Waals surface area (Å²) in [6.07, 6.45) is 13.6. The lowest BCUT2D eigenvalue weighted by molar-refractivity contribution is -0.149. The first-order valence-corrected chi connectivity index (χ1v) is 10.7. The Balaban J connectivity index is 3.91. The lowest BCUT2D eigenvalue weighted by Gasteiger charge is -2.21. The summed E-state index contributed by atoms with van der Waals surface area (Å²) in [5, 5.41) is 11.6. The van der Waals surface area contributed by atoms with Crippen LogP contribution in [0.1, 0.15) is 90.9 Å². The maximum absolute atomic E-state index is 12.2. The number of aliphatic hydroxyl groups excluding tert-OH is 1. The molecule has 0 fully saturated rings. The van der Waals surface area contributed by atoms with Crippen molar-refractivity contribution >= 4 is 11.9 Å². The minimum absolute atomic E-state index is 0.000647. The van der Waals surface area contributed by atoms with Gasteiger partial charge in [0, 0.05) is 13.0 Å². The Kier molecular flexibility index (Phi) is 17.1. The van der Waals surface area contributed by atoms with E-state index in [1.165, 1.54) is 19.3 Å². The number of esters is 1. The van der Waals surface area contributed by atoms with Gasteiger partial charge >= 0.3 is 5.97 Å². The molecular weight excluding hydrogens is 342 g/mol. The standard InChI is InChI=1S/C22H41NO4/c1-4-5-6-7-8-9-10-13-16-20(25)23-21(19(2)3)22(26)27-18-15-12-11-14-17-24/h4,19,21,24H,1,5-18H2,2-3H3,(H,23,25). The number of carbonyl (C=O) groups excluding carboxylic acids is 2. The molecule has 5 nitrogen and oxygen atoms in total. The van der Waals surface area contributed by atoms with Crippen LogP contribution in [0.5, 0.6) is 0 Å². The predicted octanol–water partition coefficient (Wildman–Crippen LogP) is 4.53. The summed E-state index contributed by atoms with van der Waals surface area (Å²) in [5.41, 5.74) is 0. The third kappa shape index (κ3) is 15.4. The molecule has 2 N–H and O–H groups in total. The number of rotatable bonds is 18. The van der Waals surface area contributed by atoms with Crippen molar-refractivity contribution < 1.29 is 19.4 Å². The second-order valence-corrected chi connectivity index (χ2v) is 7.54. The molecule has 0 bridgehead atoms. The Morgan fingerprint density at radius 2 is 1.56 bits per heavy atom. The highest BCUT2D eigenvalue weighted by atomic mass is 16.5. The van der Waals surface area contributed by atoms with Crippen molar-refractivity contribution in [1.29, 1.82) is 0 Å². The van der Waals surface area contributed by atoms with Gasteiger partial charge in [-0.2, -0.15) is 0 Å². The number of amides is 1. The first-order chi connectivity index (χ1) is 13.0. The average molecular weight is 384 g/mol. The van der Waals surface area contributed by atoms with E-state index in [2.05, 4.69) is 11.9 Å². The summed E-state index contributed by atoms with van der Waals surface area (Å²) >= 11 is 0. The summed E-state index contributed by atoms with van der Waals surface area (Å²) in [7, 11) is 0. The van der Waals surface area contributed by atoms with Gasteiger partial charge in [-0.1, -0.05) is 52.0 Å². The van der Waals surface area contributed by atoms with E-state index < -0.39 is 6.04 Å². The first kappa shape index (κ1) is 25.6. The molecule has 0 aromatic heterocycles. The summed E-state index contributed by atoms with van der Waals surface area (Å²) in [6, 6.07) is -0.575. The number of hydrogen-bond acceptors (Lipinski definition) is 4. The van der Waals surface area contributed by atoms with Crippen molar-refractivity contribution in [1.82, 2.24) is 5.32 Å². The third-order valence-electron chi connectivity index (χ3n) is 4.60. The predicted molar refractivity (Wildman–Crippen MR) is 110 cm³/mol. The Hall–Kier alpha value is -1.36. The van der Waals surface area contributed by atoms with Crippen LogP contribution in [0.2, 0.25) is 0 Å². The van der Waals surface area contributed by atoms with Gasteiger partial charge in [0.05, 0.1) is 6.61 Å². The molecule has 0 heterocycles. The number of aliphatic hydroxyl groups is 1. The molecular formula is C22H41NO4. The summed E-state index contributed by atoms with van der Waals surface area (Å²) in [6.45, 7) is 8.12. The number of hydrogen-bond donors (Lipinski definition) is 2. The lowest BCUT2D eigenvalue weighted by atomic mass is 10.0. The molecule has 0 spiro atoms. The molecule has 0 rings (SSSR count). The number of carbonyl (C=O) groups is 2. The van der Waals surface area contributed by atoms with Gasteiger partial charge in [-0.25, -0.2) is 4.79 Å². The topological polar surface area (TPSA) is 75.6 Å². The number of ether oxygens (including phenoxy) is 1. The molecule has 0 aromatic carbocycles. The highest BCUT2D eigenvalue weighted by molar-refractivity contribution is 5.84. The normalized spacial score (nSPS) is 12.0. The quantitative estimate of drug-likeness (QED) is 0.207. The van der Waals surface area contributed by atoms with E-state index in [0.717, 1.165) is 51.4 Å². The van der Waals surface area contributed by atoms with E-state index in [1.807, 2.05) is 19.9 Å². The Labute approximate surface area is 165 Å². The Morgan fingerprint density at radius 1 is 0.963 bits per heavy atom. The van der Waals surface area contributed by atoms with Crippen molar-refractivity contribution in [3.8, 4) is 0 Å². The van der Waals surface area contributed by atoms with Crippen LogP contribution in [0.25, 0.3) is 0 Å². The second-order valence-electron chi connectivity index (χ2n) is 7.54. The van der Waals surface area contributed by atoms with E-state index in [1.54, 1.807) is 0 Å². The van der Waals surface area contributed by atoms with Gasteiger partial charge in [-0.05, 0) is 44.4 Å². The third-order valence-corrected chi connectivity index (χ3v) is 4.60. The summed E-state index contributed by atoms with van der Waals surface area (Å²) in [4.78, 5) is 24.4. The molecule has 0 aliphatic rings. The van der Waals surface area contributed by atoms with Crippen LogP contribution < -0.4 is 5.32 Å². The molecule has 5 heteroatoms. The zero-order valence-electron chi connectivity index (χ0n) is 17.5. The zero-order valence-corrected chi connectivity index (χ0v) is 17.5. The molecule has 0 aromatic rings. The van der Waals surface area contributed by atoms with E-state index >= 15 is 0 Å². The van der Waals surface area contributed by atoms with Gasteiger partial charge in [0.25, 0.3) is 0 Å². The van der Waals surface area contributed by atoms with Crippen molar-refractivity contribution in [2.75, 3.05) is 13.2 Å². The van der Waals surface area contributed by atoms with Gasteiger partial charge in [0.15, 0.2) is 0 Å². The molecule has 0 aliphatic heterocycles. The minimum atomic E-state index is -0.575. The van der Waals surface area contributed by atoms with Crippen LogP contribution in [-0.2, 0) is 14.3 Å². The fourth-order valence-corrected chi connectivity index (χ4v) is 2.85. The minimum Gasteiger partial charge on any atom is -0.464 e. The average Bonchev–Trinajstić information content (AvgIpc) is 2.64. The number of unbranched alkanes of at least 4 members (excludes halogenated alkanes) is 9. The molecule has 0 saturated heterocycles. The maximum atomic E-state index is 12.2. The largest absolute Gasteiger partial charge is 0.464 e. The van der Waals surface area contributed by atoms with Gasteiger partial charge in [0.1, 0.15) is 6.04 Å². The molecule has 158 valence electrons. The molecule has 0 aliphatic carbocycles. The van der Waals surface area contributed by atoms with Crippen LogP contribution in [0, 0.1) is 5.92 Å².